The van der Waals surface area contributed by atoms with E-state index < -0.39 is 0 Å². The zero-order valence-electron chi connectivity index (χ0n) is 11.5. The Morgan fingerprint density at radius 1 is 1.37 bits per heavy atom. The first-order valence-corrected chi connectivity index (χ1v) is 6.75. The second kappa shape index (κ2) is 6.42. The second-order valence-corrected chi connectivity index (χ2v) is 4.89. The van der Waals surface area contributed by atoms with Crippen LogP contribution < -0.4 is 5.06 Å². The Kier molecular flexibility index (Phi) is 4.86. The molecule has 19 heavy (non-hydrogen) atoms. The van der Waals surface area contributed by atoms with Crippen LogP contribution in [0.3, 0.4) is 0 Å². The summed E-state index contributed by atoms with van der Waals surface area (Å²) in [6.45, 7) is 2.68. The van der Waals surface area contributed by atoms with E-state index in [2.05, 4.69) is 19.4 Å². The number of allylic oxidation sites excluding steroid dienone is 1. The predicted octanol–water partition coefficient (Wildman–Crippen LogP) is 4.08. The summed E-state index contributed by atoms with van der Waals surface area (Å²) in [4.78, 5) is 5.37. The number of anilines is 1. The van der Waals surface area contributed by atoms with Crippen LogP contribution in [-0.2, 0) is 16.2 Å². The van der Waals surface area contributed by atoms with Gasteiger partial charge in [0.05, 0.1) is 19.4 Å². The minimum atomic E-state index is 0.272. The van der Waals surface area contributed by atoms with Gasteiger partial charge in [-0.3, -0.25) is 4.84 Å². The number of hydroxylamine groups is 1. The van der Waals surface area contributed by atoms with Crippen LogP contribution >= 0.6 is 11.6 Å². The highest BCUT2D eigenvalue weighted by atomic mass is 35.5. The van der Waals surface area contributed by atoms with Gasteiger partial charge in [-0.25, -0.2) is 5.06 Å². The largest absolute Gasteiger partial charge is 0.380 e. The van der Waals surface area contributed by atoms with Crippen molar-refractivity contribution in [1.82, 2.24) is 0 Å². The van der Waals surface area contributed by atoms with E-state index in [4.69, 9.17) is 21.2 Å². The predicted molar refractivity (Wildman–Crippen MR) is 78.1 cm³/mol. The van der Waals surface area contributed by atoms with E-state index in [9.17, 15) is 0 Å². The Hall–Kier alpha value is -1.03. The summed E-state index contributed by atoms with van der Waals surface area (Å²) < 4.78 is 5.29. The van der Waals surface area contributed by atoms with Gasteiger partial charge in [-0.1, -0.05) is 31.0 Å². The van der Waals surface area contributed by atoms with Gasteiger partial charge in [0.25, 0.3) is 0 Å². The van der Waals surface area contributed by atoms with Crippen molar-refractivity contribution >= 4 is 17.3 Å². The Bertz CT molecular complexity index is 473. The molecule has 1 aliphatic heterocycles. The number of ether oxygens (including phenoxy) is 1. The lowest BCUT2D eigenvalue weighted by molar-refractivity contribution is 0.182. The zero-order valence-corrected chi connectivity index (χ0v) is 12.3. The van der Waals surface area contributed by atoms with Crippen molar-refractivity contribution < 1.29 is 9.57 Å². The lowest BCUT2D eigenvalue weighted by Crippen LogP contribution is -2.22. The van der Waals surface area contributed by atoms with Crippen LogP contribution in [0.25, 0.3) is 0 Å². The van der Waals surface area contributed by atoms with Crippen LogP contribution in [0.15, 0.2) is 24.4 Å². The van der Waals surface area contributed by atoms with Crippen LogP contribution in [0.1, 0.15) is 30.4 Å². The molecule has 0 amide bonds. The molecule has 1 aromatic carbocycles. The van der Waals surface area contributed by atoms with Crippen molar-refractivity contribution in [1.29, 1.82) is 0 Å². The maximum Gasteiger partial charge on any atom is 0.0744 e. The van der Waals surface area contributed by atoms with E-state index in [0.29, 0.717) is 11.6 Å². The van der Waals surface area contributed by atoms with Gasteiger partial charge in [-0.15, -0.1) is 0 Å². The molecule has 0 aliphatic carbocycles. The lowest BCUT2D eigenvalue weighted by Gasteiger charge is -2.30. The summed E-state index contributed by atoms with van der Waals surface area (Å²) >= 11 is 6.19. The molecule has 0 bridgehead atoms. The fourth-order valence-electron chi connectivity index (χ4n) is 2.46. The third-order valence-electron chi connectivity index (χ3n) is 3.19. The molecule has 4 heteroatoms. The third-order valence-corrected chi connectivity index (χ3v) is 3.41. The molecule has 0 fully saturated rings. The number of hydrogen-bond donors (Lipinski definition) is 0. The molecular formula is C15H19ClNO2. The van der Waals surface area contributed by atoms with Crippen molar-refractivity contribution in [3.05, 3.63) is 47.0 Å². The maximum atomic E-state index is 6.19. The summed E-state index contributed by atoms with van der Waals surface area (Å²) in [6.07, 6.45) is 7.35. The second-order valence-electron chi connectivity index (χ2n) is 4.45. The van der Waals surface area contributed by atoms with Gasteiger partial charge in [-0.05, 0) is 29.7 Å². The monoisotopic (exact) mass is 280 g/mol. The lowest BCUT2D eigenvalue weighted by atomic mass is 9.87. The number of hydrogen-bond acceptors (Lipinski definition) is 3. The molecule has 1 unspecified atom stereocenters. The standard InChI is InChI=1S/C15H19ClNO2/c1-4-5-11-6-7-17(19-3)14-9-13(16)8-12(10-18-2)15(11)14/h5-9,11H,4,10H2,1-3H3. The normalized spacial score (nSPS) is 17.7. The highest BCUT2D eigenvalue weighted by molar-refractivity contribution is 6.31. The summed E-state index contributed by atoms with van der Waals surface area (Å²) in [7, 11) is 3.34. The first kappa shape index (κ1) is 14.4. The van der Waals surface area contributed by atoms with Gasteiger partial charge in [0.15, 0.2) is 0 Å². The zero-order chi connectivity index (χ0) is 13.8. The van der Waals surface area contributed by atoms with E-state index in [1.165, 1.54) is 5.56 Å². The molecule has 0 aromatic heterocycles. The number of fused-ring (bicyclic) bond motifs is 1. The van der Waals surface area contributed by atoms with Crippen molar-refractivity contribution in [2.24, 2.45) is 0 Å². The maximum absolute atomic E-state index is 6.19. The topological polar surface area (TPSA) is 21.7 Å². The van der Waals surface area contributed by atoms with E-state index in [-0.39, 0.29) is 5.92 Å². The highest BCUT2D eigenvalue weighted by Crippen LogP contribution is 2.40. The molecule has 0 saturated heterocycles. The van der Waals surface area contributed by atoms with Gasteiger partial charge in [0, 0.05) is 24.3 Å². The fourth-order valence-corrected chi connectivity index (χ4v) is 2.69. The van der Waals surface area contributed by atoms with Gasteiger partial charge >= 0.3 is 0 Å². The first-order valence-electron chi connectivity index (χ1n) is 6.37. The third kappa shape index (κ3) is 2.94. The first-order chi connectivity index (χ1) is 9.21. The SMILES string of the molecule is CC[CH]C1C=CN(OC)c2cc(Cl)cc(COC)c21. The van der Waals surface area contributed by atoms with E-state index in [0.717, 1.165) is 17.7 Å². The average molecular weight is 281 g/mol. The van der Waals surface area contributed by atoms with Crippen molar-refractivity contribution in [2.75, 3.05) is 19.3 Å². The van der Waals surface area contributed by atoms with Crippen LogP contribution in [0.2, 0.25) is 5.02 Å². The van der Waals surface area contributed by atoms with Crippen molar-refractivity contribution in [2.45, 2.75) is 25.9 Å². The smallest absolute Gasteiger partial charge is 0.0744 e. The molecule has 1 atom stereocenters. The van der Waals surface area contributed by atoms with Gasteiger partial charge < -0.3 is 4.74 Å². The van der Waals surface area contributed by atoms with E-state index in [1.807, 2.05) is 18.3 Å². The fraction of sp³-hybridized carbons (Fsp3) is 0.400. The van der Waals surface area contributed by atoms with Gasteiger partial charge in [0.1, 0.15) is 0 Å². The Balaban J connectivity index is 2.52. The molecule has 103 valence electrons. The van der Waals surface area contributed by atoms with Crippen LogP contribution in [0.5, 0.6) is 0 Å². The van der Waals surface area contributed by atoms with Gasteiger partial charge in [0.2, 0.25) is 0 Å². The summed E-state index contributed by atoms with van der Waals surface area (Å²) in [5, 5.41) is 2.43. The molecule has 0 spiro atoms. The number of methoxy groups -OCH3 is 1. The summed E-state index contributed by atoms with van der Waals surface area (Å²) in [5.74, 6) is 0.272. The Morgan fingerprint density at radius 3 is 2.79 bits per heavy atom. The van der Waals surface area contributed by atoms with Crippen LogP contribution in [0.4, 0.5) is 5.69 Å². The van der Waals surface area contributed by atoms with Crippen molar-refractivity contribution in [3.8, 4) is 0 Å². The minimum absolute atomic E-state index is 0.272. The average Bonchev–Trinajstić information content (AvgIpc) is 2.39. The number of nitrogens with zero attached hydrogens (tertiary/aromatic N) is 1. The number of rotatable bonds is 5. The van der Waals surface area contributed by atoms with Crippen LogP contribution in [0, 0.1) is 6.42 Å². The number of halogens is 1. The molecule has 1 heterocycles. The highest BCUT2D eigenvalue weighted by Gasteiger charge is 2.24. The molecular weight excluding hydrogens is 262 g/mol. The molecule has 1 aliphatic rings. The van der Waals surface area contributed by atoms with Crippen molar-refractivity contribution in [3.63, 3.8) is 0 Å². The van der Waals surface area contributed by atoms with E-state index in [1.54, 1.807) is 19.3 Å². The Labute approximate surface area is 119 Å². The number of benzene rings is 1. The molecule has 3 nitrogen and oxygen atoms in total. The molecule has 1 aromatic rings. The molecule has 1 radical (unpaired) electrons. The summed E-state index contributed by atoms with van der Waals surface area (Å²) in [5.41, 5.74) is 3.29. The quantitative estimate of drug-likeness (QED) is 0.811. The Morgan fingerprint density at radius 2 is 2.16 bits per heavy atom. The van der Waals surface area contributed by atoms with E-state index >= 15 is 0 Å². The minimum Gasteiger partial charge on any atom is -0.380 e. The summed E-state index contributed by atoms with van der Waals surface area (Å²) in [6, 6.07) is 3.90. The molecule has 0 saturated carbocycles. The molecule has 0 N–H and O–H groups in total. The van der Waals surface area contributed by atoms with Crippen LogP contribution in [-0.4, -0.2) is 14.2 Å². The molecule has 2 rings (SSSR count). The van der Waals surface area contributed by atoms with Gasteiger partial charge in [-0.2, -0.15) is 0 Å².